The Morgan fingerprint density at radius 2 is 2.12 bits per heavy atom. The van der Waals surface area contributed by atoms with E-state index in [2.05, 4.69) is 53.9 Å². The van der Waals surface area contributed by atoms with Crippen LogP contribution in [0.1, 0.15) is 16.7 Å². The molecule has 2 rings (SSSR count). The molecule has 0 saturated carbocycles. The van der Waals surface area contributed by atoms with Crippen LogP contribution in [-0.4, -0.2) is 7.05 Å². The third-order valence-electron chi connectivity index (χ3n) is 2.91. The van der Waals surface area contributed by atoms with E-state index in [0.29, 0.717) is 5.88 Å². The monoisotopic (exact) mass is 265 g/mol. The Kier molecular flexibility index (Phi) is 4.08. The van der Waals surface area contributed by atoms with Crippen molar-refractivity contribution in [2.45, 2.75) is 19.3 Å². The molecule has 1 nitrogen and oxygen atoms in total. The number of aryl methyl sites for hydroxylation is 1. The van der Waals surface area contributed by atoms with Crippen molar-refractivity contribution in [2.75, 3.05) is 11.9 Å². The molecule has 0 amide bonds. The molecule has 1 aromatic heterocycles. The fourth-order valence-electron chi connectivity index (χ4n) is 1.82. The van der Waals surface area contributed by atoms with E-state index < -0.39 is 0 Å². The molecule has 2 aromatic rings. The Balaban J connectivity index is 2.14. The second-order valence-electron chi connectivity index (χ2n) is 4.23. The molecule has 17 heavy (non-hydrogen) atoms. The molecule has 0 unspecified atom stereocenters. The highest BCUT2D eigenvalue weighted by Crippen LogP contribution is 2.21. The van der Waals surface area contributed by atoms with Crippen LogP contribution < -0.4 is 4.90 Å². The zero-order chi connectivity index (χ0) is 12.3. The van der Waals surface area contributed by atoms with E-state index in [1.165, 1.54) is 22.4 Å². The molecule has 0 spiro atoms. The lowest BCUT2D eigenvalue weighted by atomic mass is 10.1. The van der Waals surface area contributed by atoms with E-state index in [0.717, 1.165) is 6.54 Å². The average molecular weight is 266 g/mol. The molecule has 0 aliphatic rings. The van der Waals surface area contributed by atoms with E-state index in [9.17, 15) is 0 Å². The predicted octanol–water partition coefficient (Wildman–Crippen LogP) is 4.43. The third-order valence-corrected chi connectivity index (χ3v) is 3.93. The van der Waals surface area contributed by atoms with Crippen LogP contribution in [0, 0.1) is 6.92 Å². The van der Waals surface area contributed by atoms with Gasteiger partial charge in [-0.05, 0) is 52.6 Å². The largest absolute Gasteiger partial charge is 0.370 e. The standard InChI is InChI=1S/C14H16ClNS/c1-11-7-14(4-3-13(11)8-15)16(2)9-12-5-6-17-10-12/h3-7,10H,8-9H2,1-2H3. The van der Waals surface area contributed by atoms with Gasteiger partial charge in [0.15, 0.2) is 0 Å². The fourth-order valence-corrected chi connectivity index (χ4v) is 2.77. The van der Waals surface area contributed by atoms with E-state index in [1.54, 1.807) is 11.3 Å². The molecule has 0 saturated heterocycles. The number of halogens is 1. The molecule has 0 radical (unpaired) electrons. The van der Waals surface area contributed by atoms with Gasteiger partial charge < -0.3 is 4.90 Å². The van der Waals surface area contributed by atoms with Crippen molar-refractivity contribution < 1.29 is 0 Å². The smallest absolute Gasteiger partial charge is 0.0476 e. The second-order valence-corrected chi connectivity index (χ2v) is 5.28. The van der Waals surface area contributed by atoms with E-state index in [-0.39, 0.29) is 0 Å². The molecule has 90 valence electrons. The maximum Gasteiger partial charge on any atom is 0.0476 e. The van der Waals surface area contributed by atoms with Crippen LogP contribution in [0.3, 0.4) is 0 Å². The number of nitrogens with zero attached hydrogens (tertiary/aromatic N) is 1. The summed E-state index contributed by atoms with van der Waals surface area (Å²) < 4.78 is 0. The van der Waals surface area contributed by atoms with E-state index in [1.807, 2.05) is 0 Å². The summed E-state index contributed by atoms with van der Waals surface area (Å²) in [4.78, 5) is 2.26. The van der Waals surface area contributed by atoms with Gasteiger partial charge >= 0.3 is 0 Å². The summed E-state index contributed by atoms with van der Waals surface area (Å²) in [6.07, 6.45) is 0. The Bertz CT molecular complexity index is 479. The van der Waals surface area contributed by atoms with Gasteiger partial charge in [0.25, 0.3) is 0 Å². The van der Waals surface area contributed by atoms with Gasteiger partial charge in [-0.1, -0.05) is 6.07 Å². The van der Waals surface area contributed by atoms with Gasteiger partial charge in [0, 0.05) is 25.2 Å². The highest BCUT2D eigenvalue weighted by molar-refractivity contribution is 7.07. The summed E-state index contributed by atoms with van der Waals surface area (Å²) in [5, 5.41) is 4.31. The normalized spacial score (nSPS) is 10.5. The lowest BCUT2D eigenvalue weighted by Gasteiger charge is -2.20. The molecule has 0 N–H and O–H groups in total. The topological polar surface area (TPSA) is 3.24 Å². The van der Waals surface area contributed by atoms with Crippen LogP contribution >= 0.6 is 22.9 Å². The van der Waals surface area contributed by atoms with Gasteiger partial charge in [0.1, 0.15) is 0 Å². The molecule has 0 atom stereocenters. The summed E-state index contributed by atoms with van der Waals surface area (Å²) in [5.41, 5.74) is 5.06. The summed E-state index contributed by atoms with van der Waals surface area (Å²) in [6.45, 7) is 3.06. The zero-order valence-electron chi connectivity index (χ0n) is 10.1. The molecular weight excluding hydrogens is 250 g/mol. The molecule has 1 aromatic carbocycles. The molecule has 0 aliphatic heterocycles. The van der Waals surface area contributed by atoms with Crippen LogP contribution in [-0.2, 0) is 12.4 Å². The average Bonchev–Trinajstić information content (AvgIpc) is 2.81. The zero-order valence-corrected chi connectivity index (χ0v) is 11.7. The highest BCUT2D eigenvalue weighted by Gasteiger charge is 2.04. The minimum atomic E-state index is 0.584. The molecular formula is C14H16ClNS. The van der Waals surface area contributed by atoms with Crippen LogP contribution in [0.4, 0.5) is 5.69 Å². The molecule has 1 heterocycles. The quantitative estimate of drug-likeness (QED) is 0.739. The van der Waals surface area contributed by atoms with Crippen molar-refractivity contribution in [2.24, 2.45) is 0 Å². The summed E-state index contributed by atoms with van der Waals surface area (Å²) in [6, 6.07) is 8.62. The van der Waals surface area contributed by atoms with Crippen molar-refractivity contribution in [1.29, 1.82) is 0 Å². The van der Waals surface area contributed by atoms with Crippen molar-refractivity contribution >= 4 is 28.6 Å². The SMILES string of the molecule is Cc1cc(N(C)Cc2ccsc2)ccc1CCl. The van der Waals surface area contributed by atoms with Crippen molar-refractivity contribution in [3.05, 3.63) is 51.7 Å². The molecule has 0 fully saturated rings. The molecule has 3 heteroatoms. The minimum absolute atomic E-state index is 0.584. The molecule has 0 aliphatic carbocycles. The molecule has 0 bridgehead atoms. The Morgan fingerprint density at radius 1 is 1.29 bits per heavy atom. The van der Waals surface area contributed by atoms with E-state index >= 15 is 0 Å². The summed E-state index contributed by atoms with van der Waals surface area (Å²) >= 11 is 7.61. The van der Waals surface area contributed by atoms with Crippen molar-refractivity contribution in [1.82, 2.24) is 0 Å². The van der Waals surface area contributed by atoms with Gasteiger partial charge in [-0.3, -0.25) is 0 Å². The number of hydrogen-bond donors (Lipinski definition) is 0. The first kappa shape index (κ1) is 12.5. The van der Waals surface area contributed by atoms with Crippen LogP contribution in [0.25, 0.3) is 0 Å². The van der Waals surface area contributed by atoms with Gasteiger partial charge in [0.2, 0.25) is 0 Å². The van der Waals surface area contributed by atoms with Gasteiger partial charge in [-0.15, -0.1) is 11.6 Å². The van der Waals surface area contributed by atoms with Crippen LogP contribution in [0.15, 0.2) is 35.0 Å². The number of benzene rings is 1. The number of thiophene rings is 1. The van der Waals surface area contributed by atoms with Crippen LogP contribution in [0.2, 0.25) is 0 Å². The lowest BCUT2D eigenvalue weighted by molar-refractivity contribution is 0.925. The Morgan fingerprint density at radius 3 is 2.71 bits per heavy atom. The van der Waals surface area contributed by atoms with Crippen molar-refractivity contribution in [3.63, 3.8) is 0 Å². The Hall–Kier alpha value is -0.990. The number of rotatable bonds is 4. The second kappa shape index (κ2) is 5.56. The lowest BCUT2D eigenvalue weighted by Crippen LogP contribution is -2.16. The summed E-state index contributed by atoms with van der Waals surface area (Å²) in [5.74, 6) is 0.584. The number of anilines is 1. The third kappa shape index (κ3) is 3.02. The van der Waals surface area contributed by atoms with Crippen LogP contribution in [0.5, 0.6) is 0 Å². The number of hydrogen-bond acceptors (Lipinski definition) is 2. The number of alkyl halides is 1. The highest BCUT2D eigenvalue weighted by atomic mass is 35.5. The first-order chi connectivity index (χ1) is 8.20. The Labute approximate surface area is 112 Å². The summed E-state index contributed by atoms with van der Waals surface area (Å²) in [7, 11) is 2.12. The maximum absolute atomic E-state index is 5.87. The van der Waals surface area contributed by atoms with E-state index in [4.69, 9.17) is 11.6 Å². The van der Waals surface area contributed by atoms with Crippen molar-refractivity contribution in [3.8, 4) is 0 Å². The first-order valence-electron chi connectivity index (χ1n) is 5.58. The van der Waals surface area contributed by atoms with Gasteiger partial charge in [-0.25, -0.2) is 0 Å². The maximum atomic E-state index is 5.87. The first-order valence-corrected chi connectivity index (χ1v) is 7.06. The fraction of sp³-hybridized carbons (Fsp3) is 0.286. The minimum Gasteiger partial charge on any atom is -0.370 e. The van der Waals surface area contributed by atoms with Gasteiger partial charge in [-0.2, -0.15) is 11.3 Å². The van der Waals surface area contributed by atoms with Gasteiger partial charge in [0.05, 0.1) is 0 Å². The predicted molar refractivity (Wildman–Crippen MR) is 77.2 cm³/mol.